The van der Waals surface area contributed by atoms with Crippen molar-refractivity contribution in [3.05, 3.63) is 46.9 Å². The summed E-state index contributed by atoms with van der Waals surface area (Å²) in [4.78, 5) is 26.0. The number of benzene rings is 1. The van der Waals surface area contributed by atoms with E-state index in [1.54, 1.807) is 6.07 Å². The highest BCUT2D eigenvalue weighted by Crippen LogP contribution is 2.18. The van der Waals surface area contributed by atoms with Crippen LogP contribution in [0.3, 0.4) is 0 Å². The van der Waals surface area contributed by atoms with E-state index in [1.807, 2.05) is 32.9 Å². The van der Waals surface area contributed by atoms with Crippen molar-refractivity contribution in [1.29, 1.82) is 0 Å². The van der Waals surface area contributed by atoms with Gasteiger partial charge in [0.2, 0.25) is 0 Å². The summed E-state index contributed by atoms with van der Waals surface area (Å²) in [6, 6.07) is 7.78. The summed E-state index contributed by atoms with van der Waals surface area (Å²) in [6.07, 6.45) is 0. The Labute approximate surface area is 148 Å². The topological polar surface area (TPSA) is 61.4 Å². The number of aromatic nitrogens is 2. The Morgan fingerprint density at radius 2 is 1.60 bits per heavy atom. The summed E-state index contributed by atoms with van der Waals surface area (Å²) in [6.45, 7) is 9.66. The zero-order valence-corrected chi connectivity index (χ0v) is 15.3. The van der Waals surface area contributed by atoms with E-state index in [0.29, 0.717) is 11.5 Å². The molecule has 3 rings (SSSR count). The molecule has 132 valence electrons. The van der Waals surface area contributed by atoms with E-state index in [0.717, 1.165) is 48.8 Å². The number of carbonyl (C=O) groups excluding carboxylic acids is 1. The largest absolute Gasteiger partial charge is 0.354 e. The van der Waals surface area contributed by atoms with Crippen LogP contribution in [0.5, 0.6) is 0 Å². The number of aryl methyl sites for hydroxylation is 3. The van der Waals surface area contributed by atoms with Crippen LogP contribution in [0.2, 0.25) is 0 Å². The summed E-state index contributed by atoms with van der Waals surface area (Å²) in [7, 11) is 2.12. The van der Waals surface area contributed by atoms with Gasteiger partial charge in [0.25, 0.3) is 5.91 Å². The van der Waals surface area contributed by atoms with Gasteiger partial charge >= 0.3 is 0 Å². The van der Waals surface area contributed by atoms with Crippen molar-refractivity contribution >= 4 is 17.4 Å². The van der Waals surface area contributed by atoms with E-state index in [9.17, 15) is 4.79 Å². The molecule has 6 heteroatoms. The van der Waals surface area contributed by atoms with Gasteiger partial charge in [0.1, 0.15) is 17.3 Å². The standard InChI is InChI=1S/C19H25N5O/c1-13-9-14(2)11-16(10-13)22-19(25)17-12-18(21-15(3)20-17)24-7-5-23(4)6-8-24/h9-12H,5-8H2,1-4H3,(H,22,25). The van der Waals surface area contributed by atoms with Gasteiger partial charge in [-0.05, 0) is 51.1 Å². The van der Waals surface area contributed by atoms with Crippen LogP contribution < -0.4 is 10.2 Å². The highest BCUT2D eigenvalue weighted by molar-refractivity contribution is 6.03. The molecule has 0 bridgehead atoms. The molecule has 0 unspecified atom stereocenters. The van der Waals surface area contributed by atoms with Crippen molar-refractivity contribution in [3.63, 3.8) is 0 Å². The van der Waals surface area contributed by atoms with Gasteiger partial charge in [-0.15, -0.1) is 0 Å². The quantitative estimate of drug-likeness (QED) is 0.930. The monoisotopic (exact) mass is 339 g/mol. The summed E-state index contributed by atoms with van der Waals surface area (Å²) >= 11 is 0. The Hall–Kier alpha value is -2.47. The molecule has 1 fully saturated rings. The van der Waals surface area contributed by atoms with E-state index in [1.165, 1.54) is 0 Å². The molecule has 1 amide bonds. The van der Waals surface area contributed by atoms with Crippen molar-refractivity contribution in [2.45, 2.75) is 20.8 Å². The Kier molecular flexibility index (Phi) is 4.99. The van der Waals surface area contributed by atoms with E-state index in [-0.39, 0.29) is 5.91 Å². The smallest absolute Gasteiger partial charge is 0.274 e. The molecule has 0 spiro atoms. The second-order valence-corrected chi connectivity index (χ2v) is 6.78. The van der Waals surface area contributed by atoms with E-state index >= 15 is 0 Å². The van der Waals surface area contributed by atoms with Crippen molar-refractivity contribution in [2.24, 2.45) is 0 Å². The van der Waals surface area contributed by atoms with Crippen LogP contribution >= 0.6 is 0 Å². The molecule has 1 aliphatic heterocycles. The number of nitrogens with zero attached hydrogens (tertiary/aromatic N) is 4. The first-order valence-electron chi connectivity index (χ1n) is 8.59. The van der Waals surface area contributed by atoms with Gasteiger partial charge in [-0.1, -0.05) is 6.07 Å². The summed E-state index contributed by atoms with van der Waals surface area (Å²) in [5.41, 5.74) is 3.43. The highest BCUT2D eigenvalue weighted by atomic mass is 16.1. The first-order valence-corrected chi connectivity index (χ1v) is 8.59. The van der Waals surface area contributed by atoms with Crippen LogP contribution in [0.15, 0.2) is 24.3 Å². The average molecular weight is 339 g/mol. The van der Waals surface area contributed by atoms with Crippen molar-refractivity contribution < 1.29 is 4.79 Å². The van der Waals surface area contributed by atoms with Gasteiger partial charge in [-0.2, -0.15) is 0 Å². The third-order valence-electron chi connectivity index (χ3n) is 4.36. The fraction of sp³-hybridized carbons (Fsp3) is 0.421. The Bertz CT molecular complexity index is 761. The molecule has 2 heterocycles. The molecule has 1 aromatic carbocycles. The third kappa shape index (κ3) is 4.33. The van der Waals surface area contributed by atoms with Crippen molar-refractivity contribution in [3.8, 4) is 0 Å². The molecular weight excluding hydrogens is 314 g/mol. The summed E-state index contributed by atoms with van der Waals surface area (Å²) < 4.78 is 0. The number of hydrogen-bond donors (Lipinski definition) is 1. The minimum absolute atomic E-state index is 0.203. The summed E-state index contributed by atoms with van der Waals surface area (Å²) in [5, 5.41) is 2.95. The lowest BCUT2D eigenvalue weighted by atomic mass is 10.1. The molecule has 2 aromatic rings. The molecule has 0 saturated carbocycles. The minimum atomic E-state index is -0.203. The van der Waals surface area contributed by atoms with Gasteiger partial charge in [-0.25, -0.2) is 9.97 Å². The number of nitrogens with one attached hydrogen (secondary N) is 1. The average Bonchev–Trinajstić information content (AvgIpc) is 2.54. The lowest BCUT2D eigenvalue weighted by Gasteiger charge is -2.33. The SMILES string of the molecule is Cc1cc(C)cc(NC(=O)c2cc(N3CCN(C)CC3)nc(C)n2)c1. The predicted molar refractivity (Wildman–Crippen MR) is 100 cm³/mol. The van der Waals surface area contributed by atoms with Gasteiger partial charge in [0.15, 0.2) is 0 Å². The third-order valence-corrected chi connectivity index (χ3v) is 4.36. The number of piperazine rings is 1. The second kappa shape index (κ2) is 7.19. The van der Waals surface area contributed by atoms with Crippen LogP contribution in [0.25, 0.3) is 0 Å². The molecule has 1 saturated heterocycles. The maximum Gasteiger partial charge on any atom is 0.274 e. The molecule has 1 N–H and O–H groups in total. The van der Waals surface area contributed by atoms with Gasteiger partial charge in [0.05, 0.1) is 0 Å². The van der Waals surface area contributed by atoms with Crippen LogP contribution in [-0.4, -0.2) is 54.0 Å². The van der Waals surface area contributed by atoms with Crippen LogP contribution in [0.1, 0.15) is 27.4 Å². The highest BCUT2D eigenvalue weighted by Gasteiger charge is 2.18. The normalized spacial score (nSPS) is 15.3. The molecule has 1 aliphatic rings. The number of rotatable bonds is 3. The van der Waals surface area contributed by atoms with Crippen LogP contribution in [0.4, 0.5) is 11.5 Å². The number of hydrogen-bond acceptors (Lipinski definition) is 5. The fourth-order valence-electron chi connectivity index (χ4n) is 3.11. The molecule has 1 aromatic heterocycles. The van der Waals surface area contributed by atoms with Gasteiger partial charge < -0.3 is 15.1 Å². The van der Waals surface area contributed by atoms with E-state index in [2.05, 4.69) is 38.2 Å². The van der Waals surface area contributed by atoms with Crippen molar-refractivity contribution in [2.75, 3.05) is 43.4 Å². The van der Waals surface area contributed by atoms with Crippen LogP contribution in [-0.2, 0) is 0 Å². The minimum Gasteiger partial charge on any atom is -0.354 e. The maximum absolute atomic E-state index is 12.6. The maximum atomic E-state index is 12.6. The molecule has 0 radical (unpaired) electrons. The van der Waals surface area contributed by atoms with Gasteiger partial charge in [-0.3, -0.25) is 4.79 Å². The van der Waals surface area contributed by atoms with E-state index < -0.39 is 0 Å². The predicted octanol–water partition coefficient (Wildman–Crippen LogP) is 2.41. The van der Waals surface area contributed by atoms with Crippen LogP contribution in [0, 0.1) is 20.8 Å². The fourth-order valence-corrected chi connectivity index (χ4v) is 3.11. The molecular formula is C19H25N5O. The Balaban J connectivity index is 1.80. The molecule has 0 aliphatic carbocycles. The first kappa shape index (κ1) is 17.4. The molecule has 25 heavy (non-hydrogen) atoms. The lowest BCUT2D eigenvalue weighted by Crippen LogP contribution is -2.45. The van der Waals surface area contributed by atoms with Gasteiger partial charge in [0, 0.05) is 37.9 Å². The number of anilines is 2. The second-order valence-electron chi connectivity index (χ2n) is 6.78. The number of carbonyl (C=O) groups is 1. The summed E-state index contributed by atoms with van der Waals surface area (Å²) in [5.74, 6) is 1.24. The Morgan fingerprint density at radius 1 is 0.960 bits per heavy atom. The van der Waals surface area contributed by atoms with E-state index in [4.69, 9.17) is 0 Å². The molecule has 6 nitrogen and oxygen atoms in total. The zero-order chi connectivity index (χ0) is 18.0. The lowest BCUT2D eigenvalue weighted by molar-refractivity contribution is 0.102. The molecule has 0 atom stereocenters. The number of likely N-dealkylation sites (N-methyl/N-ethyl adjacent to an activating group) is 1. The first-order chi connectivity index (χ1) is 11.9. The van der Waals surface area contributed by atoms with Crippen molar-refractivity contribution in [1.82, 2.24) is 14.9 Å². The number of amides is 1. The zero-order valence-electron chi connectivity index (χ0n) is 15.3. The Morgan fingerprint density at radius 3 is 2.24 bits per heavy atom.